The number of hydrogen-bond acceptors (Lipinski definition) is 6. The Morgan fingerprint density at radius 2 is 1.20 bits per heavy atom. The lowest BCUT2D eigenvalue weighted by atomic mass is 10.3. The number of rotatable bonds is 6. The predicted octanol–water partition coefficient (Wildman–Crippen LogP) is 1.35. The Bertz CT molecular complexity index is 895. The van der Waals surface area contributed by atoms with E-state index in [0.717, 1.165) is 11.5 Å². The summed E-state index contributed by atoms with van der Waals surface area (Å²) in [5, 5.41) is 13.9. The lowest BCUT2D eigenvalue weighted by Crippen LogP contribution is -2.31. The molecule has 2 rings (SSSR count). The fourth-order valence-electron chi connectivity index (χ4n) is 1.59. The van der Waals surface area contributed by atoms with Gasteiger partial charge in [-0.2, -0.15) is 8.42 Å². The van der Waals surface area contributed by atoms with Crippen LogP contribution in [0.15, 0.2) is 60.7 Å². The molecule has 0 aromatic heterocycles. The molecule has 12 nitrogen and oxygen atoms in total. The van der Waals surface area contributed by atoms with Crippen molar-refractivity contribution in [3.8, 4) is 11.5 Å². The standard InChI is InChI=1S/C12H10O.C4H6O7S.H3O4P/c1-3-7-11(8-4-1)13-12-9-5-2-6-10-12;5-3(6)1-2(4(7)8)12(9,10)11;1-5(2,3)4/h1-10H;2H,1H2,(H,5,6)(H,7,8)(H,9,10,11);(H3,1,2,3,4). The van der Waals surface area contributed by atoms with E-state index in [4.69, 9.17) is 38.7 Å². The van der Waals surface area contributed by atoms with Gasteiger partial charge in [0.05, 0.1) is 6.42 Å². The second-order valence-electron chi connectivity index (χ2n) is 5.18. The molecule has 30 heavy (non-hydrogen) atoms. The SMILES string of the molecule is O=C(O)CC(C(=O)O)S(=O)(=O)O.O=P(O)(O)O.c1ccc(Oc2ccccc2)cc1. The molecule has 0 fully saturated rings. The first-order valence-corrected chi connectivity index (χ1v) is 10.7. The van der Waals surface area contributed by atoms with E-state index in [1.807, 2.05) is 60.7 Å². The van der Waals surface area contributed by atoms with Crippen LogP contribution in [0, 0.1) is 0 Å². The van der Waals surface area contributed by atoms with E-state index in [1.54, 1.807) is 0 Å². The number of ether oxygens (including phenoxy) is 1. The number of carboxylic acids is 2. The molecule has 1 unspecified atom stereocenters. The molecule has 0 radical (unpaired) electrons. The first-order valence-electron chi connectivity index (χ1n) is 7.67. The van der Waals surface area contributed by atoms with E-state index in [1.165, 1.54) is 0 Å². The number of phosphoric acid groups is 1. The Morgan fingerprint density at radius 1 is 0.867 bits per heavy atom. The molecule has 166 valence electrons. The van der Waals surface area contributed by atoms with Gasteiger partial charge in [-0.05, 0) is 24.3 Å². The average Bonchev–Trinajstić information content (AvgIpc) is 2.59. The van der Waals surface area contributed by atoms with Crippen molar-refractivity contribution < 1.29 is 56.8 Å². The lowest BCUT2D eigenvalue weighted by molar-refractivity contribution is -0.143. The van der Waals surface area contributed by atoms with Crippen molar-refractivity contribution >= 4 is 29.9 Å². The van der Waals surface area contributed by atoms with Gasteiger partial charge >= 0.3 is 19.8 Å². The van der Waals surface area contributed by atoms with Gasteiger partial charge in [0.25, 0.3) is 10.1 Å². The fourth-order valence-corrected chi connectivity index (χ4v) is 2.20. The van der Waals surface area contributed by atoms with Crippen molar-refractivity contribution in [2.24, 2.45) is 0 Å². The first kappa shape index (κ1) is 27.2. The normalized spacial score (nSPS) is 11.6. The molecule has 0 heterocycles. The zero-order valence-corrected chi connectivity index (χ0v) is 16.8. The Balaban J connectivity index is 0.000000462. The molecule has 0 aliphatic heterocycles. The number of para-hydroxylation sites is 2. The van der Waals surface area contributed by atoms with Crippen LogP contribution >= 0.6 is 7.82 Å². The number of hydrogen-bond donors (Lipinski definition) is 6. The summed E-state index contributed by atoms with van der Waals surface area (Å²) in [7, 11) is -9.48. The quantitative estimate of drug-likeness (QED) is 0.263. The molecular formula is C16H19O12PS. The number of carbonyl (C=O) groups is 2. The highest BCUT2D eigenvalue weighted by molar-refractivity contribution is 7.87. The second-order valence-corrected chi connectivity index (χ2v) is 7.81. The maximum Gasteiger partial charge on any atom is 0.466 e. The topological polar surface area (TPSA) is 216 Å². The molecule has 6 N–H and O–H groups in total. The van der Waals surface area contributed by atoms with Crippen molar-refractivity contribution in [1.29, 1.82) is 0 Å². The van der Waals surface area contributed by atoms with Crippen molar-refractivity contribution in [3.63, 3.8) is 0 Å². The molecule has 0 bridgehead atoms. The zero-order valence-electron chi connectivity index (χ0n) is 15.0. The molecule has 14 heteroatoms. The van der Waals surface area contributed by atoms with E-state index >= 15 is 0 Å². The summed E-state index contributed by atoms with van der Waals surface area (Å²) >= 11 is 0. The van der Waals surface area contributed by atoms with Gasteiger partial charge in [-0.1, -0.05) is 36.4 Å². The van der Waals surface area contributed by atoms with Crippen LogP contribution < -0.4 is 4.74 Å². The number of benzene rings is 2. The highest BCUT2D eigenvalue weighted by Crippen LogP contribution is 2.25. The van der Waals surface area contributed by atoms with Gasteiger partial charge in [-0.3, -0.25) is 14.1 Å². The smallest absolute Gasteiger partial charge is 0.466 e. The molecule has 2 aromatic rings. The van der Waals surface area contributed by atoms with Crippen LogP contribution in [0.3, 0.4) is 0 Å². The number of carboxylic acid groups (broad SMARTS) is 2. The molecule has 0 saturated carbocycles. The minimum absolute atomic E-state index is 0.869. The van der Waals surface area contributed by atoms with E-state index in [2.05, 4.69) is 0 Å². The van der Waals surface area contributed by atoms with Gasteiger partial charge in [-0.25, -0.2) is 4.57 Å². The second kappa shape index (κ2) is 12.7. The lowest BCUT2D eigenvalue weighted by Gasteiger charge is -2.04. The van der Waals surface area contributed by atoms with E-state index in [-0.39, 0.29) is 0 Å². The summed E-state index contributed by atoms with van der Waals surface area (Å²) < 4.78 is 43.1. The van der Waals surface area contributed by atoms with Crippen LogP contribution in [-0.2, 0) is 24.3 Å². The summed E-state index contributed by atoms with van der Waals surface area (Å²) in [6.45, 7) is 0. The number of aliphatic carboxylic acids is 2. The average molecular weight is 466 g/mol. The monoisotopic (exact) mass is 466 g/mol. The molecule has 0 amide bonds. The predicted molar refractivity (Wildman–Crippen MR) is 102 cm³/mol. The summed E-state index contributed by atoms with van der Waals surface area (Å²) in [6, 6.07) is 19.5. The maximum atomic E-state index is 10.2. The largest absolute Gasteiger partial charge is 0.481 e. The van der Waals surface area contributed by atoms with Crippen molar-refractivity contribution in [1.82, 2.24) is 0 Å². The summed E-state index contributed by atoms with van der Waals surface area (Å²) in [4.78, 5) is 41.6. The molecule has 2 aromatic carbocycles. The third kappa shape index (κ3) is 15.2. The van der Waals surface area contributed by atoms with Crippen molar-refractivity contribution in [2.75, 3.05) is 0 Å². The summed E-state index contributed by atoms with van der Waals surface area (Å²) in [5.74, 6) is -1.76. The maximum absolute atomic E-state index is 10.2. The Kier molecular flexibility index (Phi) is 11.5. The first-order chi connectivity index (χ1) is 13.7. The fraction of sp³-hybridized carbons (Fsp3) is 0.125. The van der Waals surface area contributed by atoms with Crippen LogP contribution in [0.25, 0.3) is 0 Å². The molecular weight excluding hydrogens is 447 g/mol. The summed E-state index contributed by atoms with van der Waals surface area (Å²) in [6.07, 6.45) is -1.16. The van der Waals surface area contributed by atoms with Gasteiger partial charge in [-0.15, -0.1) is 0 Å². The minimum Gasteiger partial charge on any atom is -0.481 e. The zero-order chi connectivity index (χ0) is 23.4. The van der Waals surface area contributed by atoms with Crippen LogP contribution in [0.4, 0.5) is 0 Å². The van der Waals surface area contributed by atoms with Crippen LogP contribution in [0.1, 0.15) is 6.42 Å². The van der Waals surface area contributed by atoms with Crippen molar-refractivity contribution in [2.45, 2.75) is 11.7 Å². The van der Waals surface area contributed by atoms with Crippen LogP contribution in [0.2, 0.25) is 0 Å². The molecule has 0 aliphatic rings. The Labute approximate surface area is 171 Å². The third-order valence-corrected chi connectivity index (χ3v) is 3.80. The molecule has 0 saturated heterocycles. The van der Waals surface area contributed by atoms with Gasteiger partial charge < -0.3 is 29.6 Å². The van der Waals surface area contributed by atoms with Gasteiger partial charge in [0, 0.05) is 0 Å². The minimum atomic E-state index is -4.84. The van der Waals surface area contributed by atoms with Gasteiger partial charge in [0.2, 0.25) is 0 Å². The van der Waals surface area contributed by atoms with E-state index in [0.29, 0.717) is 0 Å². The van der Waals surface area contributed by atoms with Crippen LogP contribution in [0.5, 0.6) is 11.5 Å². The Hall–Kier alpha value is -2.80. The highest BCUT2D eigenvalue weighted by Gasteiger charge is 2.33. The molecule has 1 atom stereocenters. The molecule has 0 spiro atoms. The van der Waals surface area contributed by atoms with E-state index in [9.17, 15) is 18.0 Å². The Morgan fingerprint density at radius 3 is 1.40 bits per heavy atom. The van der Waals surface area contributed by atoms with Crippen molar-refractivity contribution in [3.05, 3.63) is 60.7 Å². The summed E-state index contributed by atoms with van der Waals surface area (Å²) in [5.41, 5.74) is 0. The highest BCUT2D eigenvalue weighted by atomic mass is 32.2. The van der Waals surface area contributed by atoms with Gasteiger partial charge in [0.1, 0.15) is 11.5 Å². The van der Waals surface area contributed by atoms with E-state index < -0.39 is 41.6 Å². The third-order valence-electron chi connectivity index (χ3n) is 2.72. The van der Waals surface area contributed by atoms with Gasteiger partial charge in [0.15, 0.2) is 5.25 Å². The van der Waals surface area contributed by atoms with Crippen LogP contribution in [-0.4, -0.2) is 55.1 Å². The molecule has 0 aliphatic carbocycles.